The van der Waals surface area contributed by atoms with Crippen LogP contribution in [0.5, 0.6) is 0 Å². The summed E-state index contributed by atoms with van der Waals surface area (Å²) in [5.41, 5.74) is 1.12. The molecule has 6 heteroatoms. The molecule has 0 radical (unpaired) electrons. The Balaban J connectivity index is 2.21. The van der Waals surface area contributed by atoms with Crippen LogP contribution in [0.1, 0.15) is 5.56 Å². The molecule has 110 valence electrons. The zero-order valence-corrected chi connectivity index (χ0v) is 11.4. The Bertz CT molecular complexity index is 421. The van der Waals surface area contributed by atoms with Gasteiger partial charge in [0.1, 0.15) is 6.61 Å². The first-order valence-corrected chi connectivity index (χ1v) is 6.26. The number of aliphatic carboxylic acids is 1. The molecule has 0 saturated heterocycles. The molecule has 2 N–H and O–H groups in total. The lowest BCUT2D eigenvalue weighted by Gasteiger charge is -2.13. The lowest BCUT2D eigenvalue weighted by atomic mass is 10.2. The molecule has 0 aliphatic carbocycles. The molecule has 20 heavy (non-hydrogen) atoms. The van der Waals surface area contributed by atoms with Crippen LogP contribution in [-0.4, -0.2) is 50.0 Å². The number of amides is 1. The molecule has 0 heterocycles. The molecule has 0 bridgehead atoms. The lowest BCUT2D eigenvalue weighted by molar-refractivity contribution is -0.144. The summed E-state index contributed by atoms with van der Waals surface area (Å²) in [7, 11) is 1.37. The van der Waals surface area contributed by atoms with E-state index in [4.69, 9.17) is 14.6 Å². The second-order valence-corrected chi connectivity index (χ2v) is 4.20. The summed E-state index contributed by atoms with van der Waals surface area (Å²) in [5.74, 6) is -1.60. The van der Waals surface area contributed by atoms with E-state index in [9.17, 15) is 9.59 Å². The minimum Gasteiger partial charge on any atom is -0.480 e. The van der Waals surface area contributed by atoms with Crippen molar-refractivity contribution in [2.24, 2.45) is 0 Å². The van der Waals surface area contributed by atoms with E-state index >= 15 is 0 Å². The summed E-state index contributed by atoms with van der Waals surface area (Å²) in [6, 6.07) is 8.70. The molecular formula is C14H19NO5. The van der Waals surface area contributed by atoms with Crippen molar-refractivity contribution < 1.29 is 24.2 Å². The summed E-state index contributed by atoms with van der Waals surface area (Å²) in [6.07, 6.45) is 0.703. The van der Waals surface area contributed by atoms with Crippen LogP contribution in [0.2, 0.25) is 0 Å². The minimum absolute atomic E-state index is 0.0783. The highest BCUT2D eigenvalue weighted by Crippen LogP contribution is 1.99. The van der Waals surface area contributed by atoms with Gasteiger partial charge in [0, 0.05) is 7.11 Å². The maximum atomic E-state index is 11.5. The first kappa shape index (κ1) is 16.1. The van der Waals surface area contributed by atoms with E-state index < -0.39 is 17.9 Å². The fourth-order valence-electron chi connectivity index (χ4n) is 1.58. The average Bonchev–Trinajstić information content (AvgIpc) is 2.44. The summed E-state index contributed by atoms with van der Waals surface area (Å²) in [5, 5.41) is 11.2. The van der Waals surface area contributed by atoms with Crippen LogP contribution in [0, 0.1) is 0 Å². The molecule has 1 atom stereocenters. The Kier molecular flexibility index (Phi) is 7.31. The quantitative estimate of drug-likeness (QED) is 0.642. The number of carboxylic acids is 1. The maximum absolute atomic E-state index is 11.5. The third-order valence-corrected chi connectivity index (χ3v) is 2.58. The van der Waals surface area contributed by atoms with Gasteiger partial charge in [0.25, 0.3) is 0 Å². The molecule has 0 spiro atoms. The summed E-state index contributed by atoms with van der Waals surface area (Å²) in [6.45, 7) is 0.158. The normalized spacial score (nSPS) is 11.8. The number of methoxy groups -OCH3 is 1. The first-order valence-electron chi connectivity index (χ1n) is 6.26. The van der Waals surface area contributed by atoms with E-state index in [1.807, 2.05) is 30.3 Å². The molecule has 1 rings (SSSR count). The second kappa shape index (κ2) is 9.06. The van der Waals surface area contributed by atoms with Gasteiger partial charge < -0.3 is 19.9 Å². The van der Waals surface area contributed by atoms with Gasteiger partial charge in [0.2, 0.25) is 5.91 Å². The van der Waals surface area contributed by atoms with Crippen LogP contribution < -0.4 is 5.32 Å². The van der Waals surface area contributed by atoms with Crippen molar-refractivity contribution in [3.05, 3.63) is 35.9 Å². The largest absolute Gasteiger partial charge is 0.480 e. The van der Waals surface area contributed by atoms with Gasteiger partial charge in [-0.1, -0.05) is 30.3 Å². The number of nitrogens with one attached hydrogen (secondary N) is 1. The van der Waals surface area contributed by atoms with Crippen molar-refractivity contribution in [1.82, 2.24) is 5.32 Å². The topological polar surface area (TPSA) is 84.9 Å². The van der Waals surface area contributed by atoms with Gasteiger partial charge in [-0.2, -0.15) is 0 Å². The van der Waals surface area contributed by atoms with Crippen molar-refractivity contribution in [3.8, 4) is 0 Å². The van der Waals surface area contributed by atoms with Gasteiger partial charge in [-0.05, 0) is 12.0 Å². The Labute approximate surface area is 117 Å². The highest BCUT2D eigenvalue weighted by molar-refractivity contribution is 5.84. The number of carbonyl (C=O) groups excluding carboxylic acids is 1. The number of ether oxygens (including phenoxy) is 2. The molecule has 0 aliphatic rings. The van der Waals surface area contributed by atoms with Gasteiger partial charge in [-0.3, -0.25) is 4.79 Å². The highest BCUT2D eigenvalue weighted by Gasteiger charge is 2.19. The number of benzene rings is 1. The van der Waals surface area contributed by atoms with Crippen molar-refractivity contribution in [3.63, 3.8) is 0 Å². The molecule has 1 unspecified atom stereocenters. The van der Waals surface area contributed by atoms with E-state index in [1.165, 1.54) is 7.11 Å². The average molecular weight is 281 g/mol. The zero-order chi connectivity index (χ0) is 14.8. The van der Waals surface area contributed by atoms with Gasteiger partial charge in [-0.25, -0.2) is 4.79 Å². The third-order valence-electron chi connectivity index (χ3n) is 2.58. The highest BCUT2D eigenvalue weighted by atomic mass is 16.5. The predicted octanol–water partition coefficient (Wildman–Crippen LogP) is 0.461. The maximum Gasteiger partial charge on any atom is 0.328 e. The van der Waals surface area contributed by atoms with Crippen LogP contribution in [0.3, 0.4) is 0 Å². The van der Waals surface area contributed by atoms with Crippen LogP contribution >= 0.6 is 0 Å². The van der Waals surface area contributed by atoms with Crippen LogP contribution in [0.15, 0.2) is 30.3 Å². The van der Waals surface area contributed by atoms with Gasteiger partial charge in [-0.15, -0.1) is 0 Å². The Hall–Kier alpha value is -1.92. The lowest BCUT2D eigenvalue weighted by Crippen LogP contribution is -2.45. The fourth-order valence-corrected chi connectivity index (χ4v) is 1.58. The van der Waals surface area contributed by atoms with Crippen molar-refractivity contribution >= 4 is 11.9 Å². The van der Waals surface area contributed by atoms with Crippen LogP contribution in [0.25, 0.3) is 0 Å². The van der Waals surface area contributed by atoms with Crippen molar-refractivity contribution in [2.75, 3.05) is 26.9 Å². The summed E-state index contributed by atoms with van der Waals surface area (Å²) < 4.78 is 9.93. The summed E-state index contributed by atoms with van der Waals surface area (Å²) >= 11 is 0. The number of rotatable bonds is 9. The van der Waals surface area contributed by atoms with Gasteiger partial charge in [0.05, 0.1) is 13.2 Å². The van der Waals surface area contributed by atoms with E-state index in [-0.39, 0.29) is 13.2 Å². The Morgan fingerprint density at radius 2 is 2.00 bits per heavy atom. The molecule has 0 aliphatic heterocycles. The number of hydrogen-bond donors (Lipinski definition) is 2. The molecular weight excluding hydrogens is 262 g/mol. The first-order chi connectivity index (χ1) is 9.63. The fraction of sp³-hybridized carbons (Fsp3) is 0.429. The van der Waals surface area contributed by atoms with Crippen LogP contribution in [0.4, 0.5) is 0 Å². The minimum atomic E-state index is -1.13. The van der Waals surface area contributed by atoms with E-state index in [1.54, 1.807) is 0 Å². The van der Waals surface area contributed by atoms with Crippen LogP contribution in [-0.2, 0) is 25.5 Å². The monoisotopic (exact) mass is 281 g/mol. The Morgan fingerprint density at radius 3 is 2.60 bits per heavy atom. The number of carboxylic acid groups (broad SMARTS) is 1. The van der Waals surface area contributed by atoms with E-state index in [0.29, 0.717) is 13.0 Å². The Morgan fingerprint density at radius 1 is 1.30 bits per heavy atom. The smallest absolute Gasteiger partial charge is 0.328 e. The third kappa shape index (κ3) is 6.31. The van der Waals surface area contributed by atoms with E-state index in [0.717, 1.165) is 5.56 Å². The molecule has 1 amide bonds. The molecule has 0 saturated carbocycles. The zero-order valence-electron chi connectivity index (χ0n) is 11.4. The SMILES string of the molecule is COCC(NC(=O)COCCc1ccccc1)C(=O)O. The summed E-state index contributed by atoms with van der Waals surface area (Å²) in [4.78, 5) is 22.3. The predicted molar refractivity (Wildman–Crippen MR) is 72.4 cm³/mol. The molecule has 0 fully saturated rings. The van der Waals surface area contributed by atoms with Crippen molar-refractivity contribution in [2.45, 2.75) is 12.5 Å². The number of carbonyl (C=O) groups is 2. The standard InChI is InChI=1S/C14H19NO5/c1-19-9-12(14(17)18)15-13(16)10-20-8-7-11-5-3-2-4-6-11/h2-6,12H,7-10H2,1H3,(H,15,16)(H,17,18). The van der Waals surface area contributed by atoms with Crippen molar-refractivity contribution in [1.29, 1.82) is 0 Å². The molecule has 1 aromatic carbocycles. The number of hydrogen-bond acceptors (Lipinski definition) is 4. The molecule has 6 nitrogen and oxygen atoms in total. The second-order valence-electron chi connectivity index (χ2n) is 4.20. The van der Waals surface area contributed by atoms with Gasteiger partial charge >= 0.3 is 5.97 Å². The van der Waals surface area contributed by atoms with E-state index in [2.05, 4.69) is 5.32 Å². The van der Waals surface area contributed by atoms with Gasteiger partial charge in [0.15, 0.2) is 6.04 Å². The molecule has 1 aromatic rings. The molecule has 0 aromatic heterocycles.